The summed E-state index contributed by atoms with van der Waals surface area (Å²) in [6.45, 7) is 9.38. The zero-order valence-electron chi connectivity index (χ0n) is 15.9. The lowest BCUT2D eigenvalue weighted by atomic mass is 10.1. The summed E-state index contributed by atoms with van der Waals surface area (Å²) < 4.78 is 25.1. The standard InChI is InChI=1S/C19H29N3O3S/c1-15(2)6-8-20-10-12-21(13-11-20)19(23)17-4-5-18-16(14-17)7-9-22(18)26(3,24)25/h4-5,14-15H,6-13H2,1-3H3. The molecule has 1 fully saturated rings. The van der Waals surface area contributed by atoms with Gasteiger partial charge < -0.3 is 4.90 Å². The molecule has 1 aromatic rings. The minimum Gasteiger partial charge on any atom is -0.336 e. The number of amides is 1. The molecule has 0 bridgehead atoms. The fraction of sp³-hybridized carbons (Fsp3) is 0.632. The van der Waals surface area contributed by atoms with Gasteiger partial charge in [0, 0.05) is 38.3 Å². The van der Waals surface area contributed by atoms with Crippen LogP contribution in [-0.4, -0.2) is 69.6 Å². The van der Waals surface area contributed by atoms with E-state index in [-0.39, 0.29) is 5.91 Å². The Bertz CT molecular complexity index is 768. The maximum absolute atomic E-state index is 12.8. The van der Waals surface area contributed by atoms with Crippen LogP contribution in [0.3, 0.4) is 0 Å². The zero-order valence-corrected chi connectivity index (χ0v) is 16.8. The summed E-state index contributed by atoms with van der Waals surface area (Å²) >= 11 is 0. The molecule has 144 valence electrons. The first kappa shape index (κ1) is 19.2. The molecule has 0 aromatic heterocycles. The first-order valence-electron chi connectivity index (χ1n) is 9.38. The second kappa shape index (κ2) is 7.56. The molecule has 1 aromatic carbocycles. The van der Waals surface area contributed by atoms with Crippen LogP contribution in [0.5, 0.6) is 0 Å². The number of anilines is 1. The molecule has 0 N–H and O–H groups in total. The van der Waals surface area contributed by atoms with Crippen molar-refractivity contribution in [3.63, 3.8) is 0 Å². The molecular formula is C19H29N3O3S. The van der Waals surface area contributed by atoms with E-state index in [1.807, 2.05) is 11.0 Å². The molecule has 0 spiro atoms. The molecule has 3 rings (SSSR count). The van der Waals surface area contributed by atoms with Crippen molar-refractivity contribution in [2.24, 2.45) is 5.92 Å². The van der Waals surface area contributed by atoms with E-state index in [1.54, 1.807) is 12.1 Å². The van der Waals surface area contributed by atoms with Crippen LogP contribution in [0, 0.1) is 5.92 Å². The Morgan fingerprint density at radius 2 is 1.81 bits per heavy atom. The van der Waals surface area contributed by atoms with Crippen molar-refractivity contribution >= 4 is 21.6 Å². The van der Waals surface area contributed by atoms with Crippen molar-refractivity contribution in [1.82, 2.24) is 9.80 Å². The van der Waals surface area contributed by atoms with E-state index < -0.39 is 10.0 Å². The average Bonchev–Trinajstić information content (AvgIpc) is 3.03. The van der Waals surface area contributed by atoms with Gasteiger partial charge in [0.15, 0.2) is 0 Å². The molecule has 7 heteroatoms. The highest BCUT2D eigenvalue weighted by Gasteiger charge is 2.28. The smallest absolute Gasteiger partial charge is 0.253 e. The van der Waals surface area contributed by atoms with Crippen LogP contribution in [0.15, 0.2) is 18.2 Å². The first-order chi connectivity index (χ1) is 12.3. The summed E-state index contributed by atoms with van der Waals surface area (Å²) in [5.41, 5.74) is 2.31. The fourth-order valence-corrected chi connectivity index (χ4v) is 4.61. The summed E-state index contributed by atoms with van der Waals surface area (Å²) in [5, 5.41) is 0. The highest BCUT2D eigenvalue weighted by molar-refractivity contribution is 7.92. The van der Waals surface area contributed by atoms with Gasteiger partial charge in [-0.05, 0) is 49.1 Å². The number of fused-ring (bicyclic) bond motifs is 1. The number of nitrogens with zero attached hydrogens (tertiary/aromatic N) is 3. The van der Waals surface area contributed by atoms with E-state index in [9.17, 15) is 13.2 Å². The topological polar surface area (TPSA) is 60.9 Å². The summed E-state index contributed by atoms with van der Waals surface area (Å²) in [7, 11) is -3.25. The molecule has 2 heterocycles. The highest BCUT2D eigenvalue weighted by atomic mass is 32.2. The fourth-order valence-electron chi connectivity index (χ4n) is 3.65. The van der Waals surface area contributed by atoms with Crippen LogP contribution in [0.25, 0.3) is 0 Å². The summed E-state index contributed by atoms with van der Waals surface area (Å²) in [6.07, 6.45) is 3.07. The second-order valence-corrected chi connectivity index (χ2v) is 9.65. The Kier molecular flexibility index (Phi) is 5.58. The number of piperazine rings is 1. The molecule has 2 aliphatic rings. The number of benzene rings is 1. The van der Waals surface area contributed by atoms with Gasteiger partial charge in [-0.25, -0.2) is 8.42 Å². The summed E-state index contributed by atoms with van der Waals surface area (Å²) in [6, 6.07) is 5.40. The van der Waals surface area contributed by atoms with Crippen molar-refractivity contribution in [2.45, 2.75) is 26.7 Å². The van der Waals surface area contributed by atoms with Crippen LogP contribution in [0.1, 0.15) is 36.2 Å². The first-order valence-corrected chi connectivity index (χ1v) is 11.2. The Labute approximate surface area is 156 Å². The predicted octanol–water partition coefficient (Wildman–Crippen LogP) is 1.81. The lowest BCUT2D eigenvalue weighted by molar-refractivity contribution is 0.0631. The maximum atomic E-state index is 12.8. The number of hydrogen-bond acceptors (Lipinski definition) is 4. The van der Waals surface area contributed by atoms with Crippen molar-refractivity contribution in [2.75, 3.05) is 49.8 Å². The molecule has 26 heavy (non-hydrogen) atoms. The Morgan fingerprint density at radius 3 is 2.42 bits per heavy atom. The minimum absolute atomic E-state index is 0.0501. The number of rotatable bonds is 5. The molecule has 6 nitrogen and oxygen atoms in total. The maximum Gasteiger partial charge on any atom is 0.253 e. The Hall–Kier alpha value is -1.60. The second-order valence-electron chi connectivity index (χ2n) is 7.74. The molecule has 1 amide bonds. The van der Waals surface area contributed by atoms with Gasteiger partial charge in [-0.3, -0.25) is 14.0 Å². The van der Waals surface area contributed by atoms with Crippen LogP contribution in [0.2, 0.25) is 0 Å². The molecule has 0 saturated carbocycles. The largest absolute Gasteiger partial charge is 0.336 e. The van der Waals surface area contributed by atoms with E-state index in [0.29, 0.717) is 30.1 Å². The zero-order chi connectivity index (χ0) is 18.9. The van der Waals surface area contributed by atoms with Gasteiger partial charge >= 0.3 is 0 Å². The third-order valence-electron chi connectivity index (χ3n) is 5.26. The monoisotopic (exact) mass is 379 g/mol. The van der Waals surface area contributed by atoms with Crippen molar-refractivity contribution < 1.29 is 13.2 Å². The molecule has 0 aliphatic carbocycles. The van der Waals surface area contributed by atoms with E-state index in [1.165, 1.54) is 17.0 Å². The molecule has 1 saturated heterocycles. The van der Waals surface area contributed by atoms with Crippen LogP contribution >= 0.6 is 0 Å². The Balaban J connectivity index is 1.63. The predicted molar refractivity (Wildman–Crippen MR) is 104 cm³/mol. The average molecular weight is 380 g/mol. The summed E-state index contributed by atoms with van der Waals surface area (Å²) in [5.74, 6) is 0.752. The van der Waals surface area contributed by atoms with E-state index in [4.69, 9.17) is 0 Å². The van der Waals surface area contributed by atoms with Crippen LogP contribution in [0.4, 0.5) is 5.69 Å². The quantitative estimate of drug-likeness (QED) is 0.783. The third kappa shape index (κ3) is 4.20. The molecule has 2 aliphatic heterocycles. The van der Waals surface area contributed by atoms with Gasteiger partial charge in [0.2, 0.25) is 10.0 Å². The summed E-state index contributed by atoms with van der Waals surface area (Å²) in [4.78, 5) is 17.2. The van der Waals surface area contributed by atoms with Crippen LogP contribution < -0.4 is 4.31 Å². The van der Waals surface area contributed by atoms with Crippen molar-refractivity contribution in [1.29, 1.82) is 0 Å². The number of carbonyl (C=O) groups excluding carboxylic acids is 1. The van der Waals surface area contributed by atoms with E-state index >= 15 is 0 Å². The van der Waals surface area contributed by atoms with Gasteiger partial charge in [-0.2, -0.15) is 0 Å². The van der Waals surface area contributed by atoms with E-state index in [0.717, 1.165) is 38.3 Å². The van der Waals surface area contributed by atoms with E-state index in [2.05, 4.69) is 18.7 Å². The lowest BCUT2D eigenvalue weighted by Crippen LogP contribution is -2.49. The van der Waals surface area contributed by atoms with Crippen LogP contribution in [-0.2, 0) is 16.4 Å². The Morgan fingerprint density at radius 1 is 1.12 bits per heavy atom. The van der Waals surface area contributed by atoms with Gasteiger partial charge in [0.05, 0.1) is 11.9 Å². The normalized spacial score (nSPS) is 18.5. The van der Waals surface area contributed by atoms with Gasteiger partial charge in [0.1, 0.15) is 0 Å². The van der Waals surface area contributed by atoms with Crippen molar-refractivity contribution in [3.8, 4) is 0 Å². The number of carbonyl (C=O) groups is 1. The van der Waals surface area contributed by atoms with Gasteiger partial charge in [-0.1, -0.05) is 13.8 Å². The van der Waals surface area contributed by atoms with Gasteiger partial charge in [-0.15, -0.1) is 0 Å². The highest BCUT2D eigenvalue weighted by Crippen LogP contribution is 2.31. The van der Waals surface area contributed by atoms with Gasteiger partial charge in [0.25, 0.3) is 5.91 Å². The number of sulfonamides is 1. The SMILES string of the molecule is CC(C)CCN1CCN(C(=O)c2ccc3c(c2)CCN3S(C)(=O)=O)CC1. The molecular weight excluding hydrogens is 350 g/mol. The molecule has 0 atom stereocenters. The van der Waals surface area contributed by atoms with Crippen molar-refractivity contribution in [3.05, 3.63) is 29.3 Å². The lowest BCUT2D eigenvalue weighted by Gasteiger charge is -2.35. The third-order valence-corrected chi connectivity index (χ3v) is 6.44. The minimum atomic E-state index is -3.25. The molecule has 0 unspecified atom stereocenters. The molecule has 0 radical (unpaired) electrons. The number of hydrogen-bond donors (Lipinski definition) is 0.